The Kier molecular flexibility index (Phi) is 10.8. The molecule has 3 aromatic carbocycles. The Balaban J connectivity index is 1.21. The van der Waals surface area contributed by atoms with E-state index in [-0.39, 0.29) is 35.8 Å². The number of aromatic nitrogens is 1. The number of hydrogen-bond acceptors (Lipinski definition) is 6. The molecule has 0 radical (unpaired) electrons. The maximum absolute atomic E-state index is 13.6. The second-order valence-electron chi connectivity index (χ2n) is 11.4. The average Bonchev–Trinajstić information content (AvgIpc) is 3.07. The van der Waals surface area contributed by atoms with Crippen LogP contribution in [0.3, 0.4) is 0 Å². The number of alkyl halides is 3. The van der Waals surface area contributed by atoms with E-state index in [4.69, 9.17) is 4.74 Å². The molecule has 0 aliphatic heterocycles. The van der Waals surface area contributed by atoms with Crippen LogP contribution >= 0.6 is 0 Å². The molecule has 1 aromatic heterocycles. The first-order valence-electron chi connectivity index (χ1n) is 15.4. The number of rotatable bonds is 13. The second kappa shape index (κ2) is 15.1. The molecule has 11 heteroatoms. The minimum absolute atomic E-state index is 0.100. The average molecular weight is 648 g/mol. The number of phenols is 1. The molecule has 47 heavy (non-hydrogen) atoms. The molecule has 246 valence electrons. The molecule has 5 rings (SSSR count). The van der Waals surface area contributed by atoms with Crippen LogP contribution < -0.4 is 10.9 Å². The van der Waals surface area contributed by atoms with E-state index >= 15 is 0 Å². The topological polar surface area (TPSA) is 115 Å². The summed E-state index contributed by atoms with van der Waals surface area (Å²) < 4.78 is 45.2. The van der Waals surface area contributed by atoms with Crippen molar-refractivity contribution in [3.63, 3.8) is 0 Å². The number of hydrogen-bond donors (Lipinski definition) is 4. The Morgan fingerprint density at radius 3 is 2.43 bits per heavy atom. The van der Waals surface area contributed by atoms with Gasteiger partial charge in [0.1, 0.15) is 18.1 Å². The van der Waals surface area contributed by atoms with Gasteiger partial charge in [-0.25, -0.2) is 0 Å². The predicted octanol–water partition coefficient (Wildman–Crippen LogP) is 6.36. The highest BCUT2D eigenvalue weighted by Crippen LogP contribution is 2.30. The lowest BCUT2D eigenvalue weighted by atomic mass is 10.0. The number of aliphatic hydroxyl groups excluding tert-OH is 1. The second-order valence-corrected chi connectivity index (χ2v) is 11.4. The number of amides is 1. The summed E-state index contributed by atoms with van der Waals surface area (Å²) in [6, 6.07) is 17.7. The molecule has 0 spiro atoms. The lowest BCUT2D eigenvalue weighted by Gasteiger charge is -2.24. The number of benzene rings is 3. The number of allylic oxidation sites excluding steroid dienone is 3. The summed E-state index contributed by atoms with van der Waals surface area (Å²) in [6.45, 7) is 1.37. The molecular weight excluding hydrogens is 611 g/mol. The van der Waals surface area contributed by atoms with Crippen LogP contribution in [-0.4, -0.2) is 45.6 Å². The number of aromatic hydroxyl groups is 1. The van der Waals surface area contributed by atoms with Gasteiger partial charge in [0.2, 0.25) is 5.56 Å². The maximum atomic E-state index is 13.6. The number of H-pyrrole nitrogens is 1. The van der Waals surface area contributed by atoms with Crippen molar-refractivity contribution in [2.45, 2.75) is 44.7 Å². The summed E-state index contributed by atoms with van der Waals surface area (Å²) in [6.07, 6.45) is 3.05. The quantitative estimate of drug-likeness (QED) is 0.126. The third-order valence-corrected chi connectivity index (χ3v) is 7.89. The van der Waals surface area contributed by atoms with Gasteiger partial charge in [0.15, 0.2) is 0 Å². The number of phenolic OH excluding ortho intramolecular Hbond substituents is 1. The van der Waals surface area contributed by atoms with Crippen molar-refractivity contribution < 1.29 is 32.9 Å². The molecule has 4 aromatic rings. The van der Waals surface area contributed by atoms with Crippen LogP contribution in [0.5, 0.6) is 5.75 Å². The van der Waals surface area contributed by atoms with Crippen molar-refractivity contribution in [2.24, 2.45) is 0 Å². The van der Waals surface area contributed by atoms with Gasteiger partial charge >= 0.3 is 6.18 Å². The maximum Gasteiger partial charge on any atom is 0.416 e. The van der Waals surface area contributed by atoms with Crippen LogP contribution in [-0.2, 0) is 24.1 Å². The van der Waals surface area contributed by atoms with E-state index in [0.29, 0.717) is 48.2 Å². The number of halogens is 3. The Morgan fingerprint density at radius 1 is 0.979 bits per heavy atom. The van der Waals surface area contributed by atoms with Gasteiger partial charge in [0.25, 0.3) is 5.91 Å². The minimum atomic E-state index is -4.46. The molecule has 0 saturated carbocycles. The molecule has 0 fully saturated rings. The van der Waals surface area contributed by atoms with E-state index in [1.807, 2.05) is 24.3 Å². The zero-order chi connectivity index (χ0) is 33.4. The normalized spacial score (nSPS) is 13.7. The van der Waals surface area contributed by atoms with E-state index in [2.05, 4.69) is 16.4 Å². The van der Waals surface area contributed by atoms with Gasteiger partial charge in [0, 0.05) is 36.7 Å². The number of carbonyl (C=O) groups is 1. The van der Waals surface area contributed by atoms with Crippen LogP contribution in [0.4, 0.5) is 13.2 Å². The van der Waals surface area contributed by atoms with Gasteiger partial charge in [0.05, 0.1) is 17.2 Å². The molecule has 8 nitrogen and oxygen atoms in total. The van der Waals surface area contributed by atoms with Gasteiger partial charge in [-0.15, -0.1) is 0 Å². The zero-order valence-electron chi connectivity index (χ0n) is 25.6. The van der Waals surface area contributed by atoms with Crippen molar-refractivity contribution in [3.05, 3.63) is 135 Å². The van der Waals surface area contributed by atoms with Crippen LogP contribution in [0.2, 0.25) is 0 Å². The van der Waals surface area contributed by atoms with Gasteiger partial charge in [-0.05, 0) is 91.0 Å². The van der Waals surface area contributed by atoms with E-state index in [1.54, 1.807) is 29.2 Å². The molecular formula is C36H36F3N3O5. The van der Waals surface area contributed by atoms with Crippen molar-refractivity contribution >= 4 is 16.8 Å². The summed E-state index contributed by atoms with van der Waals surface area (Å²) >= 11 is 0. The molecule has 1 heterocycles. The van der Waals surface area contributed by atoms with Crippen molar-refractivity contribution in [1.82, 2.24) is 15.2 Å². The molecule has 1 amide bonds. The van der Waals surface area contributed by atoms with Gasteiger partial charge in [-0.1, -0.05) is 36.4 Å². The predicted molar refractivity (Wildman–Crippen MR) is 173 cm³/mol. The number of nitrogens with zero attached hydrogens (tertiary/aromatic N) is 1. The van der Waals surface area contributed by atoms with E-state index in [9.17, 15) is 33.0 Å². The number of pyridine rings is 1. The molecule has 1 aliphatic rings. The molecule has 0 bridgehead atoms. The standard InChI is InChI=1S/C36H36F3N3O5/c37-36(38,39)27-13-9-24(10-14-27)22-42(35(46)26-11-7-25(8-12-26)23-47-28-5-2-1-3-6-28)20-4-19-40-21-32(44)29-15-17-31(43)34-30(29)16-18-33(45)41-34/h2,5-18,32,40,43-44H,1,3-4,19-23H2,(H,41,45)/t32-/m0/s1. The number of fused-ring (bicyclic) bond motifs is 1. The highest BCUT2D eigenvalue weighted by atomic mass is 19.4. The summed E-state index contributed by atoms with van der Waals surface area (Å²) in [5.74, 6) is 0.449. The number of aliphatic hydroxyl groups is 1. The summed E-state index contributed by atoms with van der Waals surface area (Å²) in [7, 11) is 0. The first kappa shape index (κ1) is 33.5. The fraction of sp³-hybridized carbons (Fsp3) is 0.278. The molecule has 1 aliphatic carbocycles. The van der Waals surface area contributed by atoms with Crippen LogP contribution in [0.1, 0.15) is 58.0 Å². The van der Waals surface area contributed by atoms with Gasteiger partial charge in [-0.2, -0.15) is 13.2 Å². The third-order valence-electron chi connectivity index (χ3n) is 7.89. The monoisotopic (exact) mass is 647 g/mol. The SMILES string of the molecule is O=C(c1ccc(COC2=CCCC=C2)cc1)N(CCCNC[C@H](O)c1ccc(O)c2[nH]c(=O)ccc12)Cc1ccc(C(F)(F)F)cc1. The largest absolute Gasteiger partial charge is 0.506 e. The highest BCUT2D eigenvalue weighted by Gasteiger charge is 2.30. The minimum Gasteiger partial charge on any atom is -0.506 e. The van der Waals surface area contributed by atoms with E-state index in [1.165, 1.54) is 24.3 Å². The number of aromatic amines is 1. The molecule has 4 N–H and O–H groups in total. The van der Waals surface area contributed by atoms with Crippen molar-refractivity contribution in [3.8, 4) is 5.75 Å². The fourth-order valence-corrected chi connectivity index (χ4v) is 5.35. The lowest BCUT2D eigenvalue weighted by Crippen LogP contribution is -2.33. The zero-order valence-corrected chi connectivity index (χ0v) is 25.6. The molecule has 0 unspecified atom stereocenters. The Morgan fingerprint density at radius 2 is 1.72 bits per heavy atom. The third kappa shape index (κ3) is 8.90. The lowest BCUT2D eigenvalue weighted by molar-refractivity contribution is -0.137. The Labute approximate surface area is 269 Å². The van der Waals surface area contributed by atoms with Gasteiger partial charge in [-0.3, -0.25) is 9.59 Å². The number of ether oxygens (including phenoxy) is 1. The number of carbonyl (C=O) groups excluding carboxylic acids is 1. The summed E-state index contributed by atoms with van der Waals surface area (Å²) in [4.78, 5) is 29.5. The Hall–Kier alpha value is -4.87. The van der Waals surface area contributed by atoms with E-state index < -0.39 is 17.8 Å². The van der Waals surface area contributed by atoms with E-state index in [0.717, 1.165) is 36.3 Å². The van der Waals surface area contributed by atoms with Crippen molar-refractivity contribution in [2.75, 3.05) is 19.6 Å². The summed E-state index contributed by atoms with van der Waals surface area (Å²) in [5, 5.41) is 24.6. The summed E-state index contributed by atoms with van der Waals surface area (Å²) in [5.41, 5.74) is 1.54. The smallest absolute Gasteiger partial charge is 0.416 e. The highest BCUT2D eigenvalue weighted by molar-refractivity contribution is 5.94. The first-order chi connectivity index (χ1) is 22.6. The Bertz CT molecular complexity index is 1800. The van der Waals surface area contributed by atoms with Gasteiger partial charge < -0.3 is 30.2 Å². The van der Waals surface area contributed by atoms with Crippen molar-refractivity contribution in [1.29, 1.82) is 0 Å². The number of nitrogens with one attached hydrogen (secondary N) is 2. The van der Waals surface area contributed by atoms with Crippen LogP contribution in [0, 0.1) is 0 Å². The fourth-order valence-electron chi connectivity index (χ4n) is 5.35. The van der Waals surface area contributed by atoms with Crippen LogP contribution in [0.15, 0.2) is 102 Å². The molecule has 0 saturated heterocycles. The first-order valence-corrected chi connectivity index (χ1v) is 15.4. The molecule has 1 atom stereocenters. The van der Waals surface area contributed by atoms with Crippen LogP contribution in [0.25, 0.3) is 10.9 Å².